The zero-order valence-electron chi connectivity index (χ0n) is 10.9. The van der Waals surface area contributed by atoms with E-state index in [0.29, 0.717) is 6.04 Å². The van der Waals surface area contributed by atoms with Crippen LogP contribution < -0.4 is 10.1 Å². The number of piperidine rings is 1. The van der Waals surface area contributed by atoms with E-state index in [9.17, 15) is 0 Å². The number of rotatable bonds is 2. The first-order valence-electron chi connectivity index (χ1n) is 7.08. The molecule has 3 heteroatoms. The lowest BCUT2D eigenvalue weighted by Gasteiger charge is -2.29. The maximum absolute atomic E-state index is 5.81. The van der Waals surface area contributed by atoms with Crippen molar-refractivity contribution in [1.29, 1.82) is 0 Å². The molecule has 1 fully saturated rings. The van der Waals surface area contributed by atoms with Crippen LogP contribution in [0.1, 0.15) is 24.8 Å². The van der Waals surface area contributed by atoms with Gasteiger partial charge in [0, 0.05) is 31.2 Å². The van der Waals surface area contributed by atoms with Crippen LogP contribution in [0.15, 0.2) is 24.3 Å². The summed E-state index contributed by atoms with van der Waals surface area (Å²) in [6.07, 6.45) is 4.03. The maximum atomic E-state index is 5.81. The molecule has 1 atom stereocenters. The number of hydrogen-bond acceptors (Lipinski definition) is 3. The van der Waals surface area contributed by atoms with E-state index in [-0.39, 0.29) is 0 Å². The van der Waals surface area contributed by atoms with Gasteiger partial charge in [-0.25, -0.2) is 0 Å². The highest BCUT2D eigenvalue weighted by atomic mass is 16.5. The topological polar surface area (TPSA) is 24.5 Å². The fourth-order valence-corrected chi connectivity index (χ4v) is 2.93. The largest absolute Gasteiger partial charge is 0.492 e. The average Bonchev–Trinajstić information content (AvgIpc) is 2.61. The Morgan fingerprint density at radius 3 is 3.11 bits per heavy atom. The van der Waals surface area contributed by atoms with Gasteiger partial charge in [0.05, 0.1) is 0 Å². The second-order valence-corrected chi connectivity index (χ2v) is 5.34. The van der Waals surface area contributed by atoms with Crippen LogP contribution in [0.25, 0.3) is 0 Å². The van der Waals surface area contributed by atoms with E-state index < -0.39 is 0 Å². The molecule has 1 unspecified atom stereocenters. The Kier molecular flexibility index (Phi) is 3.81. The van der Waals surface area contributed by atoms with Gasteiger partial charge in [0.2, 0.25) is 0 Å². The van der Waals surface area contributed by atoms with Crippen LogP contribution in [0.4, 0.5) is 0 Å². The van der Waals surface area contributed by atoms with Crippen molar-refractivity contribution in [3.63, 3.8) is 0 Å². The molecule has 0 saturated carbocycles. The molecule has 3 rings (SSSR count). The van der Waals surface area contributed by atoms with Crippen LogP contribution in [0.5, 0.6) is 5.75 Å². The van der Waals surface area contributed by atoms with Gasteiger partial charge in [-0.1, -0.05) is 24.6 Å². The van der Waals surface area contributed by atoms with Crippen LogP contribution in [0.2, 0.25) is 0 Å². The van der Waals surface area contributed by atoms with Crippen molar-refractivity contribution in [2.45, 2.75) is 31.8 Å². The molecule has 18 heavy (non-hydrogen) atoms. The van der Waals surface area contributed by atoms with E-state index in [1.165, 1.54) is 31.4 Å². The lowest BCUT2D eigenvalue weighted by Crippen LogP contribution is -2.44. The van der Waals surface area contributed by atoms with Crippen LogP contribution in [0.3, 0.4) is 0 Å². The molecular weight excluding hydrogens is 224 g/mol. The predicted molar refractivity (Wildman–Crippen MR) is 72.9 cm³/mol. The number of para-hydroxylation sites is 1. The second-order valence-electron chi connectivity index (χ2n) is 5.34. The monoisotopic (exact) mass is 246 g/mol. The standard InChI is InChI=1S/C15H22N2O/c1-2-7-15-13(5-1)11-17(9-10-18-15)12-14-6-3-4-8-16-14/h1-2,5,7,14,16H,3-4,6,8-12H2. The van der Waals surface area contributed by atoms with Crippen molar-refractivity contribution in [2.75, 3.05) is 26.2 Å². The SMILES string of the molecule is c1ccc2c(c1)CN(CC1CCCCN1)CCO2. The van der Waals surface area contributed by atoms with E-state index in [0.717, 1.165) is 32.0 Å². The zero-order valence-corrected chi connectivity index (χ0v) is 10.9. The molecule has 0 amide bonds. The average molecular weight is 246 g/mol. The highest BCUT2D eigenvalue weighted by Gasteiger charge is 2.19. The van der Waals surface area contributed by atoms with Gasteiger partial charge >= 0.3 is 0 Å². The minimum Gasteiger partial charge on any atom is -0.492 e. The van der Waals surface area contributed by atoms with Gasteiger partial charge in [-0.05, 0) is 25.5 Å². The molecule has 0 radical (unpaired) electrons. The van der Waals surface area contributed by atoms with Crippen molar-refractivity contribution in [1.82, 2.24) is 10.2 Å². The second kappa shape index (κ2) is 5.72. The Morgan fingerprint density at radius 1 is 1.28 bits per heavy atom. The highest BCUT2D eigenvalue weighted by molar-refractivity contribution is 5.33. The maximum Gasteiger partial charge on any atom is 0.123 e. The molecule has 2 heterocycles. The Hall–Kier alpha value is -1.06. The summed E-state index contributed by atoms with van der Waals surface area (Å²) in [5.41, 5.74) is 1.32. The molecule has 1 saturated heterocycles. The first-order chi connectivity index (χ1) is 8.92. The van der Waals surface area contributed by atoms with Crippen molar-refractivity contribution in [3.05, 3.63) is 29.8 Å². The lowest BCUT2D eigenvalue weighted by atomic mass is 10.0. The zero-order chi connectivity index (χ0) is 12.2. The molecule has 0 bridgehead atoms. The molecule has 0 spiro atoms. The predicted octanol–water partition coefficient (Wildman–Crippen LogP) is 2.02. The van der Waals surface area contributed by atoms with Crippen molar-refractivity contribution < 1.29 is 4.74 Å². The van der Waals surface area contributed by atoms with Crippen LogP contribution in [0, 0.1) is 0 Å². The third-order valence-corrected chi connectivity index (χ3v) is 3.92. The molecule has 0 aromatic heterocycles. The minimum absolute atomic E-state index is 0.670. The van der Waals surface area contributed by atoms with Gasteiger partial charge in [-0.2, -0.15) is 0 Å². The lowest BCUT2D eigenvalue weighted by molar-refractivity contribution is 0.195. The third-order valence-electron chi connectivity index (χ3n) is 3.92. The summed E-state index contributed by atoms with van der Waals surface area (Å²) in [6, 6.07) is 9.09. The molecule has 1 N–H and O–H groups in total. The Balaban J connectivity index is 1.63. The first kappa shape index (κ1) is 12.0. The Labute approximate surface area is 109 Å². The Bertz CT molecular complexity index is 388. The van der Waals surface area contributed by atoms with E-state index in [1.54, 1.807) is 0 Å². The fourth-order valence-electron chi connectivity index (χ4n) is 2.93. The normalized spacial score (nSPS) is 25.0. The summed E-state index contributed by atoms with van der Waals surface area (Å²) in [5, 5.41) is 3.63. The van der Waals surface area contributed by atoms with Crippen LogP contribution in [-0.2, 0) is 6.54 Å². The smallest absolute Gasteiger partial charge is 0.123 e. The summed E-state index contributed by atoms with van der Waals surface area (Å²) >= 11 is 0. The molecule has 1 aromatic rings. The number of nitrogens with one attached hydrogen (secondary N) is 1. The molecule has 3 nitrogen and oxygen atoms in total. The number of hydrogen-bond donors (Lipinski definition) is 1. The molecule has 2 aliphatic rings. The van der Waals surface area contributed by atoms with E-state index in [1.807, 2.05) is 0 Å². The molecule has 2 aliphatic heterocycles. The minimum atomic E-state index is 0.670. The van der Waals surface area contributed by atoms with Gasteiger partial charge < -0.3 is 10.1 Å². The van der Waals surface area contributed by atoms with Gasteiger partial charge in [0.1, 0.15) is 12.4 Å². The van der Waals surface area contributed by atoms with E-state index >= 15 is 0 Å². The fraction of sp³-hybridized carbons (Fsp3) is 0.600. The molecule has 0 aliphatic carbocycles. The first-order valence-corrected chi connectivity index (χ1v) is 7.08. The summed E-state index contributed by atoms with van der Waals surface area (Å²) in [5.74, 6) is 1.07. The number of benzene rings is 1. The summed E-state index contributed by atoms with van der Waals surface area (Å²) in [6.45, 7) is 5.20. The summed E-state index contributed by atoms with van der Waals surface area (Å²) < 4.78 is 5.81. The number of fused-ring (bicyclic) bond motifs is 1. The summed E-state index contributed by atoms with van der Waals surface area (Å²) in [4.78, 5) is 2.52. The van der Waals surface area contributed by atoms with Gasteiger partial charge in [0.15, 0.2) is 0 Å². The quantitative estimate of drug-likeness (QED) is 0.864. The highest BCUT2D eigenvalue weighted by Crippen LogP contribution is 2.22. The van der Waals surface area contributed by atoms with E-state index in [4.69, 9.17) is 4.74 Å². The summed E-state index contributed by atoms with van der Waals surface area (Å²) in [7, 11) is 0. The van der Waals surface area contributed by atoms with Gasteiger partial charge in [-0.3, -0.25) is 4.90 Å². The Morgan fingerprint density at radius 2 is 2.22 bits per heavy atom. The van der Waals surface area contributed by atoms with Crippen LogP contribution in [-0.4, -0.2) is 37.2 Å². The van der Waals surface area contributed by atoms with Crippen LogP contribution >= 0.6 is 0 Å². The molecule has 98 valence electrons. The van der Waals surface area contributed by atoms with Gasteiger partial charge in [-0.15, -0.1) is 0 Å². The van der Waals surface area contributed by atoms with Crippen molar-refractivity contribution in [3.8, 4) is 5.75 Å². The molecule has 1 aromatic carbocycles. The molecular formula is C15H22N2O. The third kappa shape index (κ3) is 2.85. The number of ether oxygens (including phenoxy) is 1. The van der Waals surface area contributed by atoms with E-state index in [2.05, 4.69) is 34.5 Å². The van der Waals surface area contributed by atoms with Crippen molar-refractivity contribution in [2.24, 2.45) is 0 Å². The number of nitrogens with zero attached hydrogens (tertiary/aromatic N) is 1. The van der Waals surface area contributed by atoms with Gasteiger partial charge in [0.25, 0.3) is 0 Å². The van der Waals surface area contributed by atoms with Crippen molar-refractivity contribution >= 4 is 0 Å².